The van der Waals surface area contributed by atoms with Gasteiger partial charge in [-0.2, -0.15) is 0 Å². The van der Waals surface area contributed by atoms with E-state index in [0.29, 0.717) is 35.3 Å². The van der Waals surface area contributed by atoms with Crippen molar-refractivity contribution in [3.05, 3.63) is 107 Å². The Hall–Kier alpha value is -7.11. The van der Waals surface area contributed by atoms with Gasteiger partial charge in [-0.15, -0.1) is 0 Å². The van der Waals surface area contributed by atoms with Crippen LogP contribution in [0.1, 0.15) is 53.2 Å². The summed E-state index contributed by atoms with van der Waals surface area (Å²) in [5, 5.41) is 7.88. The molecule has 60 heavy (non-hydrogen) atoms. The van der Waals surface area contributed by atoms with Crippen molar-refractivity contribution in [1.29, 1.82) is 0 Å². The van der Waals surface area contributed by atoms with Gasteiger partial charge in [0.05, 0.1) is 35.6 Å². The van der Waals surface area contributed by atoms with Crippen LogP contribution >= 0.6 is 0 Å². The lowest BCUT2D eigenvalue weighted by Gasteiger charge is -2.39. The van der Waals surface area contributed by atoms with E-state index >= 15 is 0 Å². The summed E-state index contributed by atoms with van der Waals surface area (Å²) in [4.78, 5) is 69.7. The number of benzene rings is 2. The zero-order valence-corrected chi connectivity index (χ0v) is 33.4. The van der Waals surface area contributed by atoms with Gasteiger partial charge in [-0.3, -0.25) is 43.7 Å². The topological polar surface area (TPSA) is 160 Å². The minimum atomic E-state index is -0.468. The van der Waals surface area contributed by atoms with Crippen LogP contribution in [-0.4, -0.2) is 85.5 Å². The first kappa shape index (κ1) is 37.2. The molecule has 3 atom stereocenters. The van der Waals surface area contributed by atoms with Crippen LogP contribution in [0.15, 0.2) is 88.5 Å². The van der Waals surface area contributed by atoms with Gasteiger partial charge >= 0.3 is 5.69 Å². The molecule has 3 aliphatic heterocycles. The van der Waals surface area contributed by atoms with E-state index in [-0.39, 0.29) is 42.1 Å². The fourth-order valence-electron chi connectivity index (χ4n) is 9.14. The van der Waals surface area contributed by atoms with E-state index in [0.717, 1.165) is 81.3 Å². The highest BCUT2D eigenvalue weighted by atomic mass is 16.3. The van der Waals surface area contributed by atoms with Gasteiger partial charge < -0.3 is 14.6 Å². The molecule has 7 aromatic rings. The number of imide groups is 1. The molecule has 300 valence electrons. The molecule has 3 aliphatic rings. The van der Waals surface area contributed by atoms with E-state index in [2.05, 4.69) is 44.3 Å². The smallest absolute Gasteiger partial charge is 0.328 e. The van der Waals surface area contributed by atoms with Crippen LogP contribution in [0.5, 0.6) is 0 Å². The predicted molar refractivity (Wildman–Crippen MR) is 227 cm³/mol. The van der Waals surface area contributed by atoms with Crippen LogP contribution < -0.4 is 21.2 Å². The average molecular weight is 800 g/mol. The molecule has 2 bridgehead atoms. The lowest BCUT2D eigenvalue weighted by Crippen LogP contribution is -2.52. The lowest BCUT2D eigenvalue weighted by molar-refractivity contribution is -0.134. The van der Waals surface area contributed by atoms with Gasteiger partial charge in [-0.25, -0.2) is 9.78 Å². The minimum Gasteiger partial charge on any atom is -0.464 e. The number of carbonyl (C=O) groups is 3. The second kappa shape index (κ2) is 14.6. The van der Waals surface area contributed by atoms with Crippen LogP contribution in [0.25, 0.3) is 55.3 Å². The first-order valence-corrected chi connectivity index (χ1v) is 20.1. The van der Waals surface area contributed by atoms with E-state index in [1.54, 1.807) is 33.7 Å². The standard InChI is InChI=1S/C46H41N9O5/c1-52-29-11-12-30(52)24-55(23-29)43-42-39(53(2)46(59)54(42)3)20-38(50-43)31-8-4-7-27-19-37(49-22-34(27)31)28-10-14-36(48-21-28)45(58)47-17-5-6-26-9-15-40-33(18-26)35(25-60-40)32-13-16-41(56)51-44(32)57/h4,7-10,14-15,18-22,25,29-30,32H,11-13,16-17,23-24H2,1-3H3,(H,47,58)(H,51,56,57). The molecular weight excluding hydrogens is 759 g/mol. The Morgan fingerprint density at radius 3 is 2.52 bits per heavy atom. The highest BCUT2D eigenvalue weighted by Crippen LogP contribution is 2.38. The summed E-state index contributed by atoms with van der Waals surface area (Å²) >= 11 is 0. The monoisotopic (exact) mass is 799 g/mol. The number of rotatable bonds is 6. The van der Waals surface area contributed by atoms with E-state index in [1.807, 2.05) is 68.8 Å². The van der Waals surface area contributed by atoms with Crippen molar-refractivity contribution >= 4 is 56.3 Å². The van der Waals surface area contributed by atoms with Crippen molar-refractivity contribution in [3.8, 4) is 34.4 Å². The Morgan fingerprint density at radius 2 is 1.73 bits per heavy atom. The van der Waals surface area contributed by atoms with Gasteiger partial charge in [0.25, 0.3) is 5.91 Å². The fourth-order valence-corrected chi connectivity index (χ4v) is 9.14. The molecule has 2 aromatic carbocycles. The Kier molecular flexibility index (Phi) is 9.06. The number of piperazine rings is 1. The number of nitrogens with one attached hydrogen (secondary N) is 2. The number of nitrogens with zero attached hydrogens (tertiary/aromatic N) is 7. The van der Waals surface area contributed by atoms with Gasteiger partial charge in [0.2, 0.25) is 11.8 Å². The van der Waals surface area contributed by atoms with Crippen LogP contribution in [0.4, 0.5) is 5.82 Å². The quantitative estimate of drug-likeness (QED) is 0.175. The Balaban J connectivity index is 0.855. The summed E-state index contributed by atoms with van der Waals surface area (Å²) < 4.78 is 9.08. The number of amides is 3. The molecule has 14 heteroatoms. The number of fused-ring (bicyclic) bond motifs is 5. The lowest BCUT2D eigenvalue weighted by atomic mass is 9.90. The molecule has 0 radical (unpaired) electrons. The molecule has 2 N–H and O–H groups in total. The maximum atomic E-state index is 13.2. The number of imidazole rings is 1. The fraction of sp³-hybridized carbons (Fsp3) is 0.283. The zero-order chi connectivity index (χ0) is 41.2. The van der Waals surface area contributed by atoms with Crippen LogP contribution in [0.2, 0.25) is 0 Å². The number of hydrogen-bond donors (Lipinski definition) is 2. The largest absolute Gasteiger partial charge is 0.464 e. The number of anilines is 1. The zero-order valence-electron chi connectivity index (χ0n) is 33.4. The SMILES string of the molecule is CN1C2CCC1CN(c1nc(-c3cccc4cc(-c5ccc(C(=O)NCC#Cc6ccc7occ(C8CCC(=O)NC8=O)c7c6)nc5)ncc34)cc3c1n(C)c(=O)n3C)C2. The average Bonchev–Trinajstić information content (AvgIpc) is 3.83. The maximum absolute atomic E-state index is 13.2. The summed E-state index contributed by atoms with van der Waals surface area (Å²) in [7, 11) is 5.85. The summed E-state index contributed by atoms with van der Waals surface area (Å²) in [5.74, 6) is 5.47. The molecule has 3 amide bonds. The summed E-state index contributed by atoms with van der Waals surface area (Å²) in [6.45, 7) is 1.83. The number of furan rings is 1. The van der Waals surface area contributed by atoms with Crippen molar-refractivity contribution in [1.82, 2.24) is 39.6 Å². The maximum Gasteiger partial charge on any atom is 0.328 e. The number of aromatic nitrogens is 5. The highest BCUT2D eigenvalue weighted by Gasteiger charge is 2.39. The van der Waals surface area contributed by atoms with E-state index in [1.165, 1.54) is 0 Å². The Morgan fingerprint density at radius 1 is 0.900 bits per heavy atom. The molecule has 0 saturated carbocycles. The van der Waals surface area contributed by atoms with Crippen LogP contribution in [0.3, 0.4) is 0 Å². The summed E-state index contributed by atoms with van der Waals surface area (Å²) in [5.41, 5.74) is 7.08. The van der Waals surface area contributed by atoms with E-state index in [4.69, 9.17) is 14.4 Å². The molecule has 0 spiro atoms. The van der Waals surface area contributed by atoms with E-state index < -0.39 is 5.92 Å². The summed E-state index contributed by atoms with van der Waals surface area (Å²) in [6.07, 6.45) is 8.08. The second-order valence-electron chi connectivity index (χ2n) is 16.0. The third kappa shape index (κ3) is 6.38. The van der Waals surface area contributed by atoms with E-state index in [9.17, 15) is 19.2 Å². The normalized spacial score (nSPS) is 19.2. The molecule has 3 fully saturated rings. The van der Waals surface area contributed by atoms with Gasteiger partial charge in [-0.1, -0.05) is 30.0 Å². The number of likely N-dealkylation sites (N-methyl/N-ethyl adjacent to an activating group) is 1. The van der Waals surface area contributed by atoms with Gasteiger partial charge in [0, 0.05) is 91.1 Å². The molecule has 10 rings (SSSR count). The van der Waals surface area contributed by atoms with Gasteiger partial charge in [0.15, 0.2) is 5.82 Å². The number of carbonyl (C=O) groups excluding carboxylic acids is 3. The second-order valence-corrected chi connectivity index (χ2v) is 16.0. The number of hydrogen-bond acceptors (Lipinski definition) is 10. The molecule has 14 nitrogen and oxygen atoms in total. The Bertz CT molecular complexity index is 3030. The molecule has 5 aromatic heterocycles. The third-order valence-corrected chi connectivity index (χ3v) is 12.5. The number of pyridine rings is 3. The minimum absolute atomic E-state index is 0.0817. The highest BCUT2D eigenvalue weighted by molar-refractivity contribution is 6.03. The van der Waals surface area contributed by atoms with Crippen molar-refractivity contribution in [3.63, 3.8) is 0 Å². The molecular formula is C46H41N9O5. The molecule has 3 unspecified atom stereocenters. The first-order valence-electron chi connectivity index (χ1n) is 20.1. The first-order chi connectivity index (χ1) is 29.1. The molecule has 0 aliphatic carbocycles. The number of piperidine rings is 1. The van der Waals surface area contributed by atoms with Crippen molar-refractivity contribution in [2.24, 2.45) is 14.1 Å². The van der Waals surface area contributed by atoms with Crippen molar-refractivity contribution in [2.75, 3.05) is 31.6 Å². The number of aryl methyl sites for hydroxylation is 2. The third-order valence-electron chi connectivity index (χ3n) is 12.5. The van der Waals surface area contributed by atoms with Gasteiger partial charge in [-0.05, 0) is 74.2 Å². The van der Waals surface area contributed by atoms with Crippen LogP contribution in [0, 0.1) is 11.8 Å². The van der Waals surface area contributed by atoms with Crippen molar-refractivity contribution in [2.45, 2.75) is 43.7 Å². The molecule has 8 heterocycles. The van der Waals surface area contributed by atoms with Gasteiger partial charge in [0.1, 0.15) is 16.8 Å². The molecule has 3 saturated heterocycles. The van der Waals surface area contributed by atoms with Crippen LogP contribution in [-0.2, 0) is 23.7 Å². The Labute approximate surface area is 344 Å². The summed E-state index contributed by atoms with van der Waals surface area (Å²) in [6, 6.07) is 20.0. The predicted octanol–water partition coefficient (Wildman–Crippen LogP) is 4.88. The van der Waals surface area contributed by atoms with Crippen molar-refractivity contribution < 1.29 is 18.8 Å².